The Labute approximate surface area is 107 Å². The number of morpholine rings is 1. The highest BCUT2D eigenvalue weighted by Gasteiger charge is 2.27. The van der Waals surface area contributed by atoms with Crippen LogP contribution in [0.25, 0.3) is 4.85 Å². The van der Waals surface area contributed by atoms with E-state index in [1.165, 1.54) is 11.3 Å². The Kier molecular flexibility index (Phi) is 3.47. The monoisotopic (exact) mass is 301 g/mol. The van der Waals surface area contributed by atoms with Crippen molar-refractivity contribution in [2.75, 3.05) is 18.0 Å². The summed E-state index contributed by atoms with van der Waals surface area (Å²) in [7, 11) is 0. The van der Waals surface area contributed by atoms with Crippen molar-refractivity contribution < 1.29 is 4.74 Å². The fraction of sp³-hybridized carbons (Fsp3) is 0.600. The van der Waals surface area contributed by atoms with E-state index >= 15 is 0 Å². The molecule has 1 aromatic rings. The van der Waals surface area contributed by atoms with E-state index in [1.807, 2.05) is 0 Å². The molecule has 1 fully saturated rings. The Hall–Kier alpha value is -0.640. The number of anilines is 1. The Balaban J connectivity index is 2.20. The highest BCUT2D eigenvalue weighted by molar-refractivity contribution is 9.11. The van der Waals surface area contributed by atoms with Crippen LogP contribution < -0.4 is 4.90 Å². The van der Waals surface area contributed by atoms with Crippen LogP contribution in [0.1, 0.15) is 13.8 Å². The Morgan fingerprint density at radius 3 is 2.62 bits per heavy atom. The molecular weight excluding hydrogens is 290 g/mol. The van der Waals surface area contributed by atoms with Gasteiger partial charge in [0, 0.05) is 13.1 Å². The standard InChI is InChI=1S/C10H12BrN3OS/c1-6-4-14(5-7(2)15-6)10-13-9(12-3)8(11)16-10/h6-7H,4-5H2,1-2H3/t6-,7+. The van der Waals surface area contributed by atoms with E-state index in [9.17, 15) is 0 Å². The molecule has 0 aromatic carbocycles. The molecule has 2 atom stereocenters. The number of ether oxygens (including phenoxy) is 1. The molecule has 0 bridgehead atoms. The predicted octanol–water partition coefficient (Wildman–Crippen LogP) is 3.07. The quantitative estimate of drug-likeness (QED) is 0.747. The Morgan fingerprint density at radius 2 is 2.12 bits per heavy atom. The van der Waals surface area contributed by atoms with E-state index in [0.717, 1.165) is 22.0 Å². The molecule has 0 N–H and O–H groups in total. The molecular formula is C10H12BrN3OS. The van der Waals surface area contributed by atoms with E-state index in [2.05, 4.69) is 44.5 Å². The van der Waals surface area contributed by atoms with Gasteiger partial charge in [0.05, 0.1) is 12.2 Å². The topological polar surface area (TPSA) is 29.7 Å². The normalized spacial score (nSPS) is 25.5. The fourth-order valence-corrected chi connectivity index (χ4v) is 3.19. The van der Waals surface area contributed by atoms with Gasteiger partial charge in [-0.05, 0) is 13.8 Å². The second kappa shape index (κ2) is 4.70. The fourth-order valence-electron chi connectivity index (χ4n) is 1.82. The van der Waals surface area contributed by atoms with Crippen LogP contribution in [0.2, 0.25) is 0 Å². The largest absolute Gasteiger partial charge is 0.372 e. The third-order valence-electron chi connectivity index (χ3n) is 2.35. The van der Waals surface area contributed by atoms with Crippen LogP contribution in [0.15, 0.2) is 3.79 Å². The average Bonchev–Trinajstić information content (AvgIpc) is 2.58. The van der Waals surface area contributed by atoms with Gasteiger partial charge in [0.1, 0.15) is 3.79 Å². The number of hydrogen-bond donors (Lipinski definition) is 0. The van der Waals surface area contributed by atoms with Crippen molar-refractivity contribution >= 4 is 38.2 Å². The predicted molar refractivity (Wildman–Crippen MR) is 68.3 cm³/mol. The molecule has 2 heterocycles. The first-order valence-corrected chi connectivity index (χ1v) is 6.65. The van der Waals surface area contributed by atoms with Crippen molar-refractivity contribution in [3.8, 4) is 0 Å². The second-order valence-electron chi connectivity index (χ2n) is 3.87. The lowest BCUT2D eigenvalue weighted by atomic mass is 10.2. The summed E-state index contributed by atoms with van der Waals surface area (Å²) in [6.07, 6.45) is 0.422. The summed E-state index contributed by atoms with van der Waals surface area (Å²) >= 11 is 4.87. The van der Waals surface area contributed by atoms with Crippen LogP contribution >= 0.6 is 27.3 Å². The third-order valence-corrected chi connectivity index (χ3v) is 4.09. The highest BCUT2D eigenvalue weighted by atomic mass is 79.9. The summed E-state index contributed by atoms with van der Waals surface area (Å²) < 4.78 is 6.47. The highest BCUT2D eigenvalue weighted by Crippen LogP contribution is 2.37. The van der Waals surface area contributed by atoms with E-state index < -0.39 is 0 Å². The third kappa shape index (κ3) is 2.37. The summed E-state index contributed by atoms with van der Waals surface area (Å²) in [5, 5.41) is 0.903. The molecule has 4 nitrogen and oxygen atoms in total. The molecule has 2 rings (SSSR count). The van der Waals surface area contributed by atoms with Crippen molar-refractivity contribution in [3.05, 3.63) is 15.2 Å². The molecule has 0 spiro atoms. The lowest BCUT2D eigenvalue weighted by Gasteiger charge is -2.33. The molecule has 1 saturated heterocycles. The SMILES string of the molecule is [C-]#[N+]c1nc(N2C[C@@H](C)O[C@@H](C)C2)sc1Br. The molecule has 0 unspecified atom stereocenters. The maximum atomic E-state index is 6.99. The zero-order valence-corrected chi connectivity index (χ0v) is 11.5. The van der Waals surface area contributed by atoms with Gasteiger partial charge in [0.25, 0.3) is 10.9 Å². The van der Waals surface area contributed by atoms with Gasteiger partial charge in [-0.15, -0.1) is 0 Å². The summed E-state index contributed by atoms with van der Waals surface area (Å²) in [6.45, 7) is 12.8. The smallest absolute Gasteiger partial charge is 0.297 e. The lowest BCUT2D eigenvalue weighted by Crippen LogP contribution is -2.45. The first kappa shape index (κ1) is 11.8. The Bertz CT molecular complexity index is 418. The van der Waals surface area contributed by atoms with Gasteiger partial charge in [0.2, 0.25) is 0 Å². The van der Waals surface area contributed by atoms with Crippen LogP contribution in [0.3, 0.4) is 0 Å². The number of nitrogens with zero attached hydrogens (tertiary/aromatic N) is 3. The molecule has 86 valence electrons. The van der Waals surface area contributed by atoms with E-state index in [1.54, 1.807) is 0 Å². The minimum atomic E-state index is 0.211. The minimum absolute atomic E-state index is 0.211. The van der Waals surface area contributed by atoms with Crippen LogP contribution in [0.5, 0.6) is 0 Å². The lowest BCUT2D eigenvalue weighted by molar-refractivity contribution is -0.00522. The van der Waals surface area contributed by atoms with Gasteiger partial charge in [-0.25, -0.2) is 0 Å². The van der Waals surface area contributed by atoms with E-state index in [-0.39, 0.29) is 12.2 Å². The summed E-state index contributed by atoms with van der Waals surface area (Å²) in [4.78, 5) is 9.86. The van der Waals surface area contributed by atoms with Gasteiger partial charge in [-0.2, -0.15) is 0 Å². The molecule has 1 aromatic heterocycles. The summed E-state index contributed by atoms with van der Waals surface area (Å²) in [5.74, 6) is 0.451. The van der Waals surface area contributed by atoms with E-state index in [0.29, 0.717) is 5.82 Å². The minimum Gasteiger partial charge on any atom is -0.372 e. The molecule has 16 heavy (non-hydrogen) atoms. The summed E-state index contributed by atoms with van der Waals surface area (Å²) in [6, 6.07) is 0. The molecule has 0 radical (unpaired) electrons. The van der Waals surface area contributed by atoms with Crippen molar-refractivity contribution in [3.63, 3.8) is 0 Å². The van der Waals surface area contributed by atoms with Gasteiger partial charge in [-0.3, -0.25) is 0 Å². The number of thiazole rings is 1. The number of rotatable bonds is 1. The zero-order chi connectivity index (χ0) is 11.7. The first-order chi connectivity index (χ1) is 7.60. The van der Waals surface area contributed by atoms with Crippen LogP contribution in [-0.2, 0) is 4.74 Å². The Morgan fingerprint density at radius 1 is 1.50 bits per heavy atom. The van der Waals surface area contributed by atoms with Crippen molar-refractivity contribution in [2.45, 2.75) is 26.1 Å². The number of aromatic nitrogens is 1. The van der Waals surface area contributed by atoms with Gasteiger partial charge < -0.3 is 14.5 Å². The molecule has 0 amide bonds. The molecule has 6 heteroatoms. The second-order valence-corrected chi connectivity index (χ2v) is 6.16. The summed E-state index contributed by atoms with van der Waals surface area (Å²) in [5.41, 5.74) is 0. The van der Waals surface area contributed by atoms with Crippen LogP contribution in [0, 0.1) is 6.57 Å². The van der Waals surface area contributed by atoms with Gasteiger partial charge >= 0.3 is 0 Å². The zero-order valence-electron chi connectivity index (χ0n) is 9.11. The molecule has 0 aliphatic carbocycles. The molecule has 0 saturated carbocycles. The maximum absolute atomic E-state index is 6.99. The van der Waals surface area contributed by atoms with Crippen molar-refractivity contribution in [2.24, 2.45) is 0 Å². The average molecular weight is 302 g/mol. The van der Waals surface area contributed by atoms with Crippen molar-refractivity contribution in [1.82, 2.24) is 4.98 Å². The maximum Gasteiger partial charge on any atom is 0.297 e. The van der Waals surface area contributed by atoms with Gasteiger partial charge in [0.15, 0.2) is 0 Å². The number of hydrogen-bond acceptors (Lipinski definition) is 4. The van der Waals surface area contributed by atoms with E-state index in [4.69, 9.17) is 11.3 Å². The molecule has 1 aliphatic rings. The van der Waals surface area contributed by atoms with Gasteiger partial charge in [-0.1, -0.05) is 38.8 Å². The first-order valence-electron chi connectivity index (χ1n) is 5.04. The molecule has 1 aliphatic heterocycles. The van der Waals surface area contributed by atoms with Crippen molar-refractivity contribution in [1.29, 1.82) is 0 Å². The van der Waals surface area contributed by atoms with Crippen LogP contribution in [-0.4, -0.2) is 30.3 Å². The van der Waals surface area contributed by atoms with Crippen LogP contribution in [0.4, 0.5) is 10.9 Å². The number of halogens is 1.